The molecular weight excluding hydrogens is 153 g/mol. The SMILES string of the molecule is CC(C)[C@H](N)c1ccc(F)cc1. The maximum absolute atomic E-state index is 12.5. The zero-order valence-corrected chi connectivity index (χ0v) is 7.42. The van der Waals surface area contributed by atoms with E-state index >= 15 is 0 Å². The van der Waals surface area contributed by atoms with Crippen molar-refractivity contribution in [2.24, 2.45) is 11.7 Å². The minimum Gasteiger partial charge on any atom is -0.324 e. The number of rotatable bonds is 2. The smallest absolute Gasteiger partial charge is 0.123 e. The van der Waals surface area contributed by atoms with Crippen LogP contribution >= 0.6 is 0 Å². The second kappa shape index (κ2) is 3.68. The summed E-state index contributed by atoms with van der Waals surface area (Å²) in [5.41, 5.74) is 6.86. The summed E-state index contributed by atoms with van der Waals surface area (Å²) in [6, 6.07) is 6.36. The molecule has 2 heteroatoms. The highest BCUT2D eigenvalue weighted by atomic mass is 19.1. The third-order valence-electron chi connectivity index (χ3n) is 1.97. The molecule has 12 heavy (non-hydrogen) atoms. The molecule has 0 aliphatic heterocycles. The van der Waals surface area contributed by atoms with Crippen molar-refractivity contribution in [3.63, 3.8) is 0 Å². The van der Waals surface area contributed by atoms with Gasteiger partial charge < -0.3 is 5.73 Å². The van der Waals surface area contributed by atoms with Crippen molar-refractivity contribution in [1.29, 1.82) is 0 Å². The third-order valence-corrected chi connectivity index (χ3v) is 1.97. The third kappa shape index (κ3) is 2.05. The molecule has 1 rings (SSSR count). The highest BCUT2D eigenvalue weighted by Crippen LogP contribution is 2.18. The topological polar surface area (TPSA) is 26.0 Å². The molecule has 1 nitrogen and oxygen atoms in total. The minimum absolute atomic E-state index is 0.00519. The van der Waals surface area contributed by atoms with Crippen LogP contribution in [0.2, 0.25) is 0 Å². The van der Waals surface area contributed by atoms with E-state index in [1.807, 2.05) is 13.8 Å². The summed E-state index contributed by atoms with van der Waals surface area (Å²) in [6.45, 7) is 4.10. The van der Waals surface area contributed by atoms with Crippen LogP contribution in [-0.2, 0) is 0 Å². The number of hydrogen-bond acceptors (Lipinski definition) is 1. The van der Waals surface area contributed by atoms with Gasteiger partial charge in [-0.2, -0.15) is 0 Å². The van der Waals surface area contributed by atoms with Gasteiger partial charge in [0.15, 0.2) is 0 Å². The Hall–Kier alpha value is -0.890. The molecule has 0 amide bonds. The molecule has 1 aromatic rings. The molecule has 66 valence electrons. The van der Waals surface area contributed by atoms with Crippen LogP contribution in [0.1, 0.15) is 25.5 Å². The average molecular weight is 167 g/mol. The van der Waals surface area contributed by atoms with E-state index in [0.29, 0.717) is 5.92 Å². The molecular formula is C10H14FN. The number of benzene rings is 1. The molecule has 0 radical (unpaired) electrons. The predicted molar refractivity (Wildman–Crippen MR) is 48.2 cm³/mol. The van der Waals surface area contributed by atoms with Crippen molar-refractivity contribution in [3.8, 4) is 0 Å². The summed E-state index contributed by atoms with van der Waals surface area (Å²) >= 11 is 0. The van der Waals surface area contributed by atoms with Crippen molar-refractivity contribution in [1.82, 2.24) is 0 Å². The second-order valence-corrected chi connectivity index (χ2v) is 3.32. The fraction of sp³-hybridized carbons (Fsp3) is 0.400. The van der Waals surface area contributed by atoms with Crippen LogP contribution in [0.25, 0.3) is 0 Å². The largest absolute Gasteiger partial charge is 0.324 e. The molecule has 0 heterocycles. The zero-order chi connectivity index (χ0) is 9.14. The predicted octanol–water partition coefficient (Wildman–Crippen LogP) is 2.48. The van der Waals surface area contributed by atoms with Crippen molar-refractivity contribution < 1.29 is 4.39 Å². The molecule has 1 aromatic carbocycles. The minimum atomic E-state index is -0.213. The van der Waals surface area contributed by atoms with Gasteiger partial charge in [0, 0.05) is 6.04 Å². The van der Waals surface area contributed by atoms with Crippen LogP contribution in [0.5, 0.6) is 0 Å². The lowest BCUT2D eigenvalue weighted by Crippen LogP contribution is -2.16. The van der Waals surface area contributed by atoms with Gasteiger partial charge in [0.25, 0.3) is 0 Å². The average Bonchev–Trinajstić information content (AvgIpc) is 2.04. The van der Waals surface area contributed by atoms with Crippen LogP contribution < -0.4 is 5.73 Å². The Balaban J connectivity index is 2.82. The van der Waals surface area contributed by atoms with Crippen molar-refractivity contribution in [2.75, 3.05) is 0 Å². The summed E-state index contributed by atoms with van der Waals surface area (Å²) < 4.78 is 12.5. The first-order valence-electron chi connectivity index (χ1n) is 4.12. The zero-order valence-electron chi connectivity index (χ0n) is 7.42. The molecule has 0 unspecified atom stereocenters. The molecule has 0 bridgehead atoms. The maximum Gasteiger partial charge on any atom is 0.123 e. The number of halogens is 1. The van der Waals surface area contributed by atoms with Crippen LogP contribution in [0.4, 0.5) is 4.39 Å². The molecule has 0 saturated carbocycles. The Morgan fingerprint density at radius 3 is 2.08 bits per heavy atom. The number of hydrogen-bond donors (Lipinski definition) is 1. The Morgan fingerprint density at radius 1 is 1.17 bits per heavy atom. The van der Waals surface area contributed by atoms with E-state index in [-0.39, 0.29) is 11.9 Å². The van der Waals surface area contributed by atoms with Gasteiger partial charge >= 0.3 is 0 Å². The fourth-order valence-corrected chi connectivity index (χ4v) is 1.07. The summed E-state index contributed by atoms with van der Waals surface area (Å²) in [5.74, 6) is 0.171. The van der Waals surface area contributed by atoms with Crippen LogP contribution in [-0.4, -0.2) is 0 Å². The molecule has 2 N–H and O–H groups in total. The standard InChI is InChI=1S/C10H14FN/c1-7(2)10(12)8-3-5-9(11)6-4-8/h3-7,10H,12H2,1-2H3/t10-/m0/s1. The Bertz CT molecular complexity index is 241. The van der Waals surface area contributed by atoms with Gasteiger partial charge in [-0.3, -0.25) is 0 Å². The van der Waals surface area contributed by atoms with Gasteiger partial charge in [-0.05, 0) is 23.6 Å². The lowest BCUT2D eigenvalue weighted by molar-refractivity contribution is 0.513. The Kier molecular flexibility index (Phi) is 2.82. The van der Waals surface area contributed by atoms with E-state index < -0.39 is 0 Å². The van der Waals surface area contributed by atoms with Crippen LogP contribution in [0.3, 0.4) is 0 Å². The van der Waals surface area contributed by atoms with Gasteiger partial charge in [0.1, 0.15) is 5.82 Å². The lowest BCUT2D eigenvalue weighted by atomic mass is 9.97. The van der Waals surface area contributed by atoms with E-state index in [9.17, 15) is 4.39 Å². The molecule has 0 aliphatic carbocycles. The summed E-state index contributed by atoms with van der Waals surface area (Å²) in [5, 5.41) is 0. The number of nitrogens with two attached hydrogens (primary N) is 1. The van der Waals surface area contributed by atoms with E-state index in [1.54, 1.807) is 12.1 Å². The maximum atomic E-state index is 12.5. The van der Waals surface area contributed by atoms with E-state index in [0.717, 1.165) is 5.56 Å². The Morgan fingerprint density at radius 2 is 1.67 bits per heavy atom. The second-order valence-electron chi connectivity index (χ2n) is 3.32. The summed E-state index contributed by atoms with van der Waals surface area (Å²) in [7, 11) is 0. The van der Waals surface area contributed by atoms with Crippen LogP contribution in [0.15, 0.2) is 24.3 Å². The van der Waals surface area contributed by atoms with Gasteiger partial charge in [-0.1, -0.05) is 26.0 Å². The molecule has 0 spiro atoms. The highest BCUT2D eigenvalue weighted by molar-refractivity contribution is 5.19. The van der Waals surface area contributed by atoms with Crippen molar-refractivity contribution in [3.05, 3.63) is 35.6 Å². The van der Waals surface area contributed by atoms with E-state index in [4.69, 9.17) is 5.73 Å². The summed E-state index contributed by atoms with van der Waals surface area (Å²) in [4.78, 5) is 0. The van der Waals surface area contributed by atoms with Gasteiger partial charge in [-0.15, -0.1) is 0 Å². The quantitative estimate of drug-likeness (QED) is 0.719. The van der Waals surface area contributed by atoms with Crippen molar-refractivity contribution in [2.45, 2.75) is 19.9 Å². The monoisotopic (exact) mass is 167 g/mol. The first-order chi connectivity index (χ1) is 5.61. The summed E-state index contributed by atoms with van der Waals surface area (Å²) in [6.07, 6.45) is 0. The van der Waals surface area contributed by atoms with Gasteiger partial charge in [-0.25, -0.2) is 4.39 Å². The highest BCUT2D eigenvalue weighted by Gasteiger charge is 2.09. The fourth-order valence-electron chi connectivity index (χ4n) is 1.07. The first kappa shape index (κ1) is 9.20. The molecule has 0 aromatic heterocycles. The van der Waals surface area contributed by atoms with E-state index in [1.165, 1.54) is 12.1 Å². The van der Waals surface area contributed by atoms with E-state index in [2.05, 4.69) is 0 Å². The van der Waals surface area contributed by atoms with Crippen LogP contribution in [0, 0.1) is 11.7 Å². The lowest BCUT2D eigenvalue weighted by Gasteiger charge is -2.15. The normalized spacial score (nSPS) is 13.4. The van der Waals surface area contributed by atoms with Gasteiger partial charge in [0.2, 0.25) is 0 Å². The Labute approximate surface area is 72.4 Å². The first-order valence-corrected chi connectivity index (χ1v) is 4.12. The van der Waals surface area contributed by atoms with Crippen molar-refractivity contribution >= 4 is 0 Å². The molecule has 0 aliphatic rings. The molecule has 0 saturated heterocycles. The molecule has 0 fully saturated rings. The van der Waals surface area contributed by atoms with Gasteiger partial charge in [0.05, 0.1) is 0 Å². The molecule has 1 atom stereocenters.